The lowest BCUT2D eigenvalue weighted by atomic mass is 10.1. The van der Waals surface area contributed by atoms with Crippen LogP contribution in [0.3, 0.4) is 0 Å². The molecule has 0 saturated carbocycles. The molecule has 1 saturated heterocycles. The fourth-order valence-corrected chi connectivity index (χ4v) is 2.35. The fourth-order valence-electron chi connectivity index (χ4n) is 2.35. The Hall–Kier alpha value is -2.15. The van der Waals surface area contributed by atoms with Gasteiger partial charge in [0.1, 0.15) is 11.9 Å². The molecule has 6 nitrogen and oxygen atoms in total. The van der Waals surface area contributed by atoms with Gasteiger partial charge in [0.2, 0.25) is 5.91 Å². The van der Waals surface area contributed by atoms with Crippen LogP contribution in [0.2, 0.25) is 0 Å². The molecule has 1 heterocycles. The van der Waals surface area contributed by atoms with E-state index in [0.717, 1.165) is 6.07 Å². The molecule has 0 aliphatic carbocycles. The maximum absolute atomic E-state index is 13.3. The Labute approximate surface area is 116 Å². The Balaban J connectivity index is 2.42. The Bertz CT molecular complexity index is 535. The molecule has 1 aromatic rings. The Morgan fingerprint density at radius 1 is 1.50 bits per heavy atom. The summed E-state index contributed by atoms with van der Waals surface area (Å²) in [4.78, 5) is 25.2. The molecule has 1 aliphatic rings. The summed E-state index contributed by atoms with van der Waals surface area (Å²) in [6.07, 6.45) is 0. The molecule has 1 fully saturated rings. The zero-order chi connectivity index (χ0) is 14.7. The average Bonchev–Trinajstić information content (AvgIpc) is 2.46. The zero-order valence-corrected chi connectivity index (χ0v) is 11.1. The molecule has 0 bridgehead atoms. The van der Waals surface area contributed by atoms with Crippen molar-refractivity contribution in [2.45, 2.75) is 6.04 Å². The standard InChI is InChI=1S/C13H17FN4O2/c1-16-13(20)11-7-17-4-5-18(11)10-3-2-8(14)6-9(10)12(15)19/h2-3,6,11,17H,4-5,7H2,1H3,(H2,15,19)(H,16,20). The number of nitrogens with one attached hydrogen (secondary N) is 2. The van der Waals surface area contributed by atoms with E-state index in [1.54, 1.807) is 11.9 Å². The van der Waals surface area contributed by atoms with Crippen LogP contribution in [-0.2, 0) is 4.79 Å². The van der Waals surface area contributed by atoms with E-state index in [9.17, 15) is 14.0 Å². The van der Waals surface area contributed by atoms with Crippen LogP contribution in [0.15, 0.2) is 18.2 Å². The van der Waals surface area contributed by atoms with Gasteiger partial charge in [-0.25, -0.2) is 4.39 Å². The largest absolute Gasteiger partial charge is 0.366 e. The van der Waals surface area contributed by atoms with Crippen LogP contribution in [0.4, 0.5) is 10.1 Å². The van der Waals surface area contributed by atoms with Gasteiger partial charge in [0, 0.05) is 26.7 Å². The van der Waals surface area contributed by atoms with Crippen molar-refractivity contribution in [3.8, 4) is 0 Å². The number of amides is 2. The van der Waals surface area contributed by atoms with Crippen molar-refractivity contribution in [2.24, 2.45) is 5.73 Å². The minimum absolute atomic E-state index is 0.0841. The predicted octanol–water partition coefficient (Wildman–Crippen LogP) is -0.551. The number of anilines is 1. The van der Waals surface area contributed by atoms with Crippen LogP contribution < -0.4 is 21.3 Å². The molecule has 0 radical (unpaired) electrons. The van der Waals surface area contributed by atoms with E-state index in [4.69, 9.17) is 5.73 Å². The van der Waals surface area contributed by atoms with E-state index in [1.807, 2.05) is 0 Å². The monoisotopic (exact) mass is 280 g/mol. The van der Waals surface area contributed by atoms with Crippen LogP contribution in [0.5, 0.6) is 0 Å². The maximum atomic E-state index is 13.3. The van der Waals surface area contributed by atoms with Crippen molar-refractivity contribution in [2.75, 3.05) is 31.6 Å². The van der Waals surface area contributed by atoms with Gasteiger partial charge in [-0.15, -0.1) is 0 Å². The van der Waals surface area contributed by atoms with E-state index in [0.29, 0.717) is 25.3 Å². The van der Waals surface area contributed by atoms with Crippen molar-refractivity contribution < 1.29 is 14.0 Å². The van der Waals surface area contributed by atoms with Gasteiger partial charge < -0.3 is 21.3 Å². The van der Waals surface area contributed by atoms with E-state index >= 15 is 0 Å². The van der Waals surface area contributed by atoms with E-state index < -0.39 is 17.8 Å². The molecule has 0 spiro atoms. The van der Waals surface area contributed by atoms with Crippen molar-refractivity contribution in [1.29, 1.82) is 0 Å². The number of hydrogen-bond donors (Lipinski definition) is 3. The number of rotatable bonds is 3. The third-order valence-corrected chi connectivity index (χ3v) is 3.33. The topological polar surface area (TPSA) is 87.5 Å². The second-order valence-corrected chi connectivity index (χ2v) is 4.55. The summed E-state index contributed by atoms with van der Waals surface area (Å²) in [5, 5.41) is 5.70. The Morgan fingerprint density at radius 3 is 2.90 bits per heavy atom. The van der Waals surface area contributed by atoms with Crippen molar-refractivity contribution in [3.63, 3.8) is 0 Å². The lowest BCUT2D eigenvalue weighted by Gasteiger charge is -2.37. The molecular formula is C13H17FN4O2. The number of piperazine rings is 1. The molecule has 1 unspecified atom stereocenters. The first-order valence-electron chi connectivity index (χ1n) is 6.33. The summed E-state index contributed by atoms with van der Waals surface area (Å²) in [7, 11) is 1.55. The van der Waals surface area contributed by atoms with Crippen molar-refractivity contribution in [3.05, 3.63) is 29.6 Å². The number of nitrogens with two attached hydrogens (primary N) is 1. The molecule has 1 aromatic carbocycles. The molecule has 2 amide bonds. The van der Waals surface area contributed by atoms with Crippen LogP contribution in [0.1, 0.15) is 10.4 Å². The SMILES string of the molecule is CNC(=O)C1CNCCN1c1ccc(F)cc1C(N)=O. The molecular weight excluding hydrogens is 263 g/mol. The van der Waals surface area contributed by atoms with Crippen LogP contribution in [0, 0.1) is 5.82 Å². The number of halogens is 1. The lowest BCUT2D eigenvalue weighted by molar-refractivity contribution is -0.122. The number of carbonyl (C=O) groups is 2. The van der Waals surface area contributed by atoms with Crippen molar-refractivity contribution in [1.82, 2.24) is 10.6 Å². The lowest BCUT2D eigenvalue weighted by Crippen LogP contribution is -2.58. The van der Waals surface area contributed by atoms with Gasteiger partial charge in [0.05, 0.1) is 11.3 Å². The second kappa shape index (κ2) is 5.87. The third-order valence-electron chi connectivity index (χ3n) is 3.33. The van der Waals surface area contributed by atoms with E-state index in [1.165, 1.54) is 12.1 Å². The molecule has 20 heavy (non-hydrogen) atoms. The second-order valence-electron chi connectivity index (χ2n) is 4.55. The first-order chi connectivity index (χ1) is 9.54. The highest BCUT2D eigenvalue weighted by Crippen LogP contribution is 2.24. The van der Waals surface area contributed by atoms with Gasteiger partial charge in [-0.05, 0) is 18.2 Å². The summed E-state index contributed by atoms with van der Waals surface area (Å²) < 4.78 is 13.3. The highest BCUT2D eigenvalue weighted by molar-refractivity contribution is 5.99. The van der Waals surface area contributed by atoms with Gasteiger partial charge in [0.25, 0.3) is 5.91 Å². The smallest absolute Gasteiger partial charge is 0.250 e. The highest BCUT2D eigenvalue weighted by Gasteiger charge is 2.30. The molecule has 1 aliphatic heterocycles. The van der Waals surface area contributed by atoms with Crippen molar-refractivity contribution >= 4 is 17.5 Å². The van der Waals surface area contributed by atoms with Crippen LogP contribution in [0.25, 0.3) is 0 Å². The van der Waals surface area contributed by atoms with E-state index in [2.05, 4.69) is 10.6 Å². The minimum atomic E-state index is -0.714. The molecule has 7 heteroatoms. The van der Waals surface area contributed by atoms with Gasteiger partial charge in [-0.1, -0.05) is 0 Å². The molecule has 108 valence electrons. The number of hydrogen-bond acceptors (Lipinski definition) is 4. The number of likely N-dealkylation sites (N-methyl/N-ethyl adjacent to an activating group) is 1. The number of nitrogens with zero attached hydrogens (tertiary/aromatic N) is 1. The van der Waals surface area contributed by atoms with Gasteiger partial charge in [-0.2, -0.15) is 0 Å². The molecule has 1 atom stereocenters. The summed E-state index contributed by atoms with van der Waals surface area (Å²) >= 11 is 0. The zero-order valence-electron chi connectivity index (χ0n) is 11.1. The summed E-state index contributed by atoms with van der Waals surface area (Å²) in [6, 6.07) is 3.37. The highest BCUT2D eigenvalue weighted by atomic mass is 19.1. The van der Waals surface area contributed by atoms with Gasteiger partial charge >= 0.3 is 0 Å². The number of benzene rings is 1. The number of primary amides is 1. The Kier molecular flexibility index (Phi) is 4.19. The Morgan fingerprint density at radius 2 is 2.25 bits per heavy atom. The first-order valence-corrected chi connectivity index (χ1v) is 6.33. The molecule has 2 rings (SSSR count). The average molecular weight is 280 g/mol. The van der Waals surface area contributed by atoms with E-state index in [-0.39, 0.29) is 11.5 Å². The quantitative estimate of drug-likeness (QED) is 0.693. The van der Waals surface area contributed by atoms with Gasteiger partial charge in [-0.3, -0.25) is 9.59 Å². The summed E-state index contributed by atoms with van der Waals surface area (Å²) in [6.45, 7) is 1.66. The predicted molar refractivity (Wildman–Crippen MR) is 73.0 cm³/mol. The third kappa shape index (κ3) is 2.72. The summed E-state index contributed by atoms with van der Waals surface area (Å²) in [5.41, 5.74) is 5.86. The summed E-state index contributed by atoms with van der Waals surface area (Å²) in [5.74, 6) is -1.42. The van der Waals surface area contributed by atoms with Crippen LogP contribution >= 0.6 is 0 Å². The maximum Gasteiger partial charge on any atom is 0.250 e. The molecule has 0 aromatic heterocycles. The fraction of sp³-hybridized carbons (Fsp3) is 0.385. The molecule has 4 N–H and O–H groups in total. The van der Waals surface area contributed by atoms with Gasteiger partial charge in [0.15, 0.2) is 0 Å². The minimum Gasteiger partial charge on any atom is -0.366 e. The number of carbonyl (C=O) groups excluding carboxylic acids is 2. The normalized spacial score (nSPS) is 18.7. The first kappa shape index (κ1) is 14.3. The van der Waals surface area contributed by atoms with Crippen LogP contribution in [-0.4, -0.2) is 44.5 Å².